The highest BCUT2D eigenvalue weighted by molar-refractivity contribution is 8.00. The summed E-state index contributed by atoms with van der Waals surface area (Å²) in [5.74, 6) is -0.426. The van der Waals surface area contributed by atoms with Gasteiger partial charge in [0.1, 0.15) is 16.7 Å². The monoisotopic (exact) mass is 685 g/mol. The summed E-state index contributed by atoms with van der Waals surface area (Å²) >= 11 is 2.73. The number of thioether (sulfide) groups is 1. The molecule has 1 unspecified atom stereocenters. The summed E-state index contributed by atoms with van der Waals surface area (Å²) in [6.45, 7) is 2.49. The number of rotatable bonds is 12. The molecular weight excluding hydrogens is 655 g/mol. The van der Waals surface area contributed by atoms with E-state index in [1.165, 1.54) is 23.1 Å². The molecule has 0 saturated carbocycles. The van der Waals surface area contributed by atoms with Gasteiger partial charge in [-0.15, -0.1) is 11.8 Å². The lowest BCUT2D eigenvalue weighted by atomic mass is 10.1. The Morgan fingerprint density at radius 2 is 1.67 bits per heavy atom. The number of hydrogen-bond acceptors (Lipinski definition) is 8. The van der Waals surface area contributed by atoms with Crippen molar-refractivity contribution in [1.29, 1.82) is 0 Å². The number of carbonyl (C=O) groups is 3. The Kier molecular flexibility index (Phi) is 10.7. The van der Waals surface area contributed by atoms with Gasteiger partial charge in [0.25, 0.3) is 11.8 Å². The predicted molar refractivity (Wildman–Crippen MR) is 196 cm³/mol. The van der Waals surface area contributed by atoms with E-state index in [0.717, 1.165) is 26.4 Å². The maximum Gasteiger partial charge on any atom is 0.272 e. The Bertz CT molecular complexity index is 2110. The number of amides is 3. The predicted octanol–water partition coefficient (Wildman–Crippen LogP) is 7.97. The highest BCUT2D eigenvalue weighted by Crippen LogP contribution is 2.38. The van der Waals surface area contributed by atoms with Crippen LogP contribution < -0.4 is 20.7 Å². The molecule has 6 rings (SSSR count). The quantitative estimate of drug-likeness (QED) is 0.0882. The third-order valence-corrected chi connectivity index (χ3v) is 9.29. The number of anilines is 2. The molecule has 3 N–H and O–H groups in total. The van der Waals surface area contributed by atoms with Crippen LogP contribution in [0.4, 0.5) is 10.8 Å². The molecule has 6 aromatic rings. The molecule has 9 nitrogen and oxygen atoms in total. The van der Waals surface area contributed by atoms with E-state index in [1.807, 2.05) is 67.6 Å². The minimum atomic E-state index is -0.621. The molecular formula is C38H31N5O4S2. The fourth-order valence-electron chi connectivity index (χ4n) is 4.84. The largest absolute Gasteiger partial charge is 0.494 e. The van der Waals surface area contributed by atoms with Gasteiger partial charge in [0.05, 0.1) is 16.8 Å². The summed E-state index contributed by atoms with van der Waals surface area (Å²) in [5.41, 5.74) is 3.18. The van der Waals surface area contributed by atoms with E-state index in [2.05, 4.69) is 25.9 Å². The maximum absolute atomic E-state index is 13.8. The van der Waals surface area contributed by atoms with E-state index in [0.29, 0.717) is 28.6 Å². The summed E-state index contributed by atoms with van der Waals surface area (Å²) in [5, 5.41) is 8.50. The van der Waals surface area contributed by atoms with Crippen LogP contribution in [0.25, 0.3) is 16.3 Å². The molecule has 3 amide bonds. The van der Waals surface area contributed by atoms with E-state index < -0.39 is 17.1 Å². The first-order chi connectivity index (χ1) is 23.9. The highest BCUT2D eigenvalue weighted by atomic mass is 32.2. The first kappa shape index (κ1) is 33.1. The standard InChI is InChI=1S/C38H31N5O4S2/c1-2-47-29-18-19-31-33(23-29)49-38(42-31)43-37(46)34(26-12-5-3-6-13-26)48-30-17-9-16-28(22-30)40-36(45)32(21-25-11-10-20-39-24-25)41-35(44)27-14-7-4-8-15-27/h3-24,34H,2H2,1H3,(H,40,45)(H,41,44)(H,42,43,46)/b32-21-. The van der Waals surface area contributed by atoms with Gasteiger partial charge in [-0.1, -0.05) is 72.0 Å². The lowest BCUT2D eigenvalue weighted by Crippen LogP contribution is -2.30. The second kappa shape index (κ2) is 15.9. The van der Waals surface area contributed by atoms with Gasteiger partial charge in [-0.25, -0.2) is 4.98 Å². The SMILES string of the molecule is CCOc1ccc2nc(NC(=O)C(Sc3cccc(NC(=O)/C(=C/c4cccnc4)NC(=O)c4ccccc4)c3)c3ccccc3)sc2c1. The molecule has 2 heterocycles. The van der Waals surface area contributed by atoms with Gasteiger partial charge in [-0.05, 0) is 78.7 Å². The van der Waals surface area contributed by atoms with Crippen LogP contribution >= 0.6 is 23.1 Å². The molecule has 244 valence electrons. The van der Waals surface area contributed by atoms with E-state index in [1.54, 1.807) is 73.1 Å². The Balaban J connectivity index is 1.21. The van der Waals surface area contributed by atoms with Crippen molar-refractivity contribution >= 4 is 67.9 Å². The first-order valence-corrected chi connectivity index (χ1v) is 17.1. The lowest BCUT2D eigenvalue weighted by molar-refractivity contribution is -0.116. The molecule has 2 aromatic heterocycles. The molecule has 0 fully saturated rings. The summed E-state index contributed by atoms with van der Waals surface area (Å²) < 4.78 is 6.52. The number of nitrogens with one attached hydrogen (secondary N) is 3. The number of hydrogen-bond donors (Lipinski definition) is 3. The summed E-state index contributed by atoms with van der Waals surface area (Å²) in [7, 11) is 0. The molecule has 0 aliphatic rings. The average molecular weight is 686 g/mol. The Morgan fingerprint density at radius 1 is 0.878 bits per heavy atom. The minimum absolute atomic E-state index is 0.0469. The zero-order valence-electron chi connectivity index (χ0n) is 26.3. The lowest BCUT2D eigenvalue weighted by Gasteiger charge is -2.17. The zero-order chi connectivity index (χ0) is 34.0. The van der Waals surface area contributed by atoms with Crippen LogP contribution in [-0.4, -0.2) is 34.3 Å². The summed E-state index contributed by atoms with van der Waals surface area (Å²) in [6.07, 6.45) is 4.79. The number of aromatic nitrogens is 2. The molecule has 0 saturated heterocycles. The van der Waals surface area contributed by atoms with Gasteiger partial charge in [0, 0.05) is 28.5 Å². The average Bonchev–Trinajstić information content (AvgIpc) is 3.53. The number of fused-ring (bicyclic) bond motifs is 1. The Morgan fingerprint density at radius 3 is 2.43 bits per heavy atom. The molecule has 11 heteroatoms. The molecule has 4 aromatic carbocycles. The van der Waals surface area contributed by atoms with Crippen LogP contribution in [-0.2, 0) is 9.59 Å². The second-order valence-corrected chi connectivity index (χ2v) is 12.8. The van der Waals surface area contributed by atoms with Gasteiger partial charge in [0.2, 0.25) is 5.91 Å². The number of ether oxygens (including phenoxy) is 1. The summed E-state index contributed by atoms with van der Waals surface area (Å²) in [6, 6.07) is 34.5. The maximum atomic E-state index is 13.8. The van der Waals surface area contributed by atoms with Gasteiger partial charge in [0.15, 0.2) is 5.13 Å². The summed E-state index contributed by atoms with van der Waals surface area (Å²) in [4.78, 5) is 49.8. The van der Waals surface area contributed by atoms with Crippen molar-refractivity contribution in [2.24, 2.45) is 0 Å². The van der Waals surface area contributed by atoms with E-state index in [-0.39, 0.29) is 11.6 Å². The van der Waals surface area contributed by atoms with Crippen molar-refractivity contribution in [3.05, 3.63) is 150 Å². The van der Waals surface area contributed by atoms with Gasteiger partial charge < -0.3 is 20.7 Å². The molecule has 0 radical (unpaired) electrons. The Hall–Kier alpha value is -5.78. The fraction of sp³-hybridized carbons (Fsp3) is 0.0789. The van der Waals surface area contributed by atoms with Crippen LogP contribution in [0.3, 0.4) is 0 Å². The van der Waals surface area contributed by atoms with Crippen molar-refractivity contribution in [3.8, 4) is 5.75 Å². The molecule has 0 aliphatic heterocycles. The van der Waals surface area contributed by atoms with Crippen molar-refractivity contribution in [1.82, 2.24) is 15.3 Å². The van der Waals surface area contributed by atoms with Crippen LogP contribution in [0.1, 0.15) is 33.7 Å². The van der Waals surface area contributed by atoms with E-state index >= 15 is 0 Å². The van der Waals surface area contributed by atoms with Crippen LogP contribution in [0.5, 0.6) is 5.75 Å². The number of pyridine rings is 1. The second-order valence-electron chi connectivity index (χ2n) is 10.6. The number of nitrogens with zero attached hydrogens (tertiary/aromatic N) is 2. The van der Waals surface area contributed by atoms with Gasteiger partial charge >= 0.3 is 0 Å². The smallest absolute Gasteiger partial charge is 0.272 e. The van der Waals surface area contributed by atoms with Crippen molar-refractivity contribution < 1.29 is 19.1 Å². The van der Waals surface area contributed by atoms with Crippen molar-refractivity contribution in [2.75, 3.05) is 17.2 Å². The molecule has 49 heavy (non-hydrogen) atoms. The third-order valence-electron chi connectivity index (χ3n) is 7.11. The molecule has 1 atom stereocenters. The highest BCUT2D eigenvalue weighted by Gasteiger charge is 2.24. The molecule has 0 aliphatic carbocycles. The van der Waals surface area contributed by atoms with E-state index in [4.69, 9.17) is 4.74 Å². The van der Waals surface area contributed by atoms with Crippen LogP contribution in [0.2, 0.25) is 0 Å². The zero-order valence-corrected chi connectivity index (χ0v) is 28.0. The molecule has 0 spiro atoms. The van der Waals surface area contributed by atoms with Crippen molar-refractivity contribution in [3.63, 3.8) is 0 Å². The molecule has 0 bridgehead atoms. The fourth-order valence-corrected chi connectivity index (χ4v) is 6.82. The normalized spacial score (nSPS) is 11.8. The number of carbonyl (C=O) groups excluding carboxylic acids is 3. The van der Waals surface area contributed by atoms with Gasteiger partial charge in [-0.2, -0.15) is 0 Å². The first-order valence-electron chi connectivity index (χ1n) is 15.4. The number of benzene rings is 4. The van der Waals surface area contributed by atoms with Crippen LogP contribution in [0.15, 0.2) is 138 Å². The van der Waals surface area contributed by atoms with Crippen molar-refractivity contribution in [2.45, 2.75) is 17.1 Å². The number of thiazole rings is 1. The van der Waals surface area contributed by atoms with Crippen LogP contribution in [0, 0.1) is 0 Å². The van der Waals surface area contributed by atoms with E-state index in [9.17, 15) is 14.4 Å². The topological polar surface area (TPSA) is 122 Å². The Labute approximate surface area is 291 Å². The third kappa shape index (κ3) is 8.78. The van der Waals surface area contributed by atoms with Gasteiger partial charge in [-0.3, -0.25) is 19.4 Å². The minimum Gasteiger partial charge on any atom is -0.494 e.